The molecule has 0 aromatic carbocycles. The van der Waals surface area contributed by atoms with Crippen molar-refractivity contribution in [2.24, 2.45) is 0 Å². The largest absolute Gasteiger partial charge is 0.472 e. The van der Waals surface area contributed by atoms with Crippen molar-refractivity contribution in [1.82, 2.24) is 0 Å². The van der Waals surface area contributed by atoms with E-state index in [4.69, 9.17) is 18.5 Å². The highest BCUT2D eigenvalue weighted by molar-refractivity contribution is 7.47. The lowest BCUT2D eigenvalue weighted by Gasteiger charge is -2.24. The average Bonchev–Trinajstić information content (AvgIpc) is 3.10. The summed E-state index contributed by atoms with van der Waals surface area (Å²) in [7, 11) is 1.93. The second-order valence-corrected chi connectivity index (χ2v) is 18.2. The van der Waals surface area contributed by atoms with Gasteiger partial charge in [-0.3, -0.25) is 9.05 Å². The van der Waals surface area contributed by atoms with E-state index >= 15 is 0 Å². The lowest BCUT2D eigenvalue weighted by molar-refractivity contribution is -0.870. The van der Waals surface area contributed by atoms with Gasteiger partial charge in [0.15, 0.2) is 0 Å². The van der Waals surface area contributed by atoms with Gasteiger partial charge in [0.05, 0.1) is 34.4 Å². The third-order valence-electron chi connectivity index (χ3n) is 10.2. The number of ether oxygens (including phenoxy) is 2. The summed E-state index contributed by atoms with van der Waals surface area (Å²) in [6.07, 6.45) is 42.7. The summed E-state index contributed by atoms with van der Waals surface area (Å²) in [4.78, 5) is 10.2. The smallest absolute Gasteiger partial charge is 0.379 e. The lowest BCUT2D eigenvalue weighted by Crippen LogP contribution is -2.37. The highest BCUT2D eigenvalue weighted by atomic mass is 31.2. The van der Waals surface area contributed by atoms with E-state index in [1.807, 2.05) is 21.1 Å². The Labute approximate surface area is 325 Å². The number of phosphoric acid groups is 1. The van der Waals surface area contributed by atoms with Crippen molar-refractivity contribution in [3.8, 4) is 0 Å². The number of rotatable bonds is 44. The van der Waals surface area contributed by atoms with Gasteiger partial charge in [-0.05, 0) is 12.8 Å². The highest BCUT2D eigenvalue weighted by Gasteiger charge is 2.25. The first-order chi connectivity index (χ1) is 25.2. The molecule has 0 bridgehead atoms. The molecule has 2 unspecified atom stereocenters. The first-order valence-corrected chi connectivity index (χ1v) is 24.3. The molecular weight excluding hydrogens is 669 g/mol. The van der Waals surface area contributed by atoms with E-state index < -0.39 is 7.82 Å². The van der Waals surface area contributed by atoms with E-state index in [-0.39, 0.29) is 19.3 Å². The molecule has 0 heterocycles. The van der Waals surface area contributed by atoms with Crippen LogP contribution in [0.3, 0.4) is 0 Å². The Hall–Kier alpha value is -0.0100. The molecule has 0 amide bonds. The molecule has 0 fully saturated rings. The molecule has 0 aromatic heterocycles. The maximum absolute atomic E-state index is 12.5. The Morgan fingerprint density at radius 3 is 1.12 bits per heavy atom. The van der Waals surface area contributed by atoms with Crippen LogP contribution in [0.25, 0.3) is 0 Å². The van der Waals surface area contributed by atoms with Gasteiger partial charge >= 0.3 is 7.82 Å². The van der Waals surface area contributed by atoms with Crippen LogP contribution in [0.2, 0.25) is 0 Å². The third kappa shape index (κ3) is 42.7. The second kappa shape index (κ2) is 39.2. The Morgan fingerprint density at radius 2 is 0.769 bits per heavy atom. The minimum absolute atomic E-state index is 0.00400. The van der Waals surface area contributed by atoms with Crippen LogP contribution < -0.4 is 0 Å². The van der Waals surface area contributed by atoms with Crippen LogP contribution in [0.15, 0.2) is 0 Å². The number of likely N-dealkylation sites (N-methyl/N-ethyl adjacent to an activating group) is 1. The quantitative estimate of drug-likeness (QED) is 0.0378. The molecule has 52 heavy (non-hydrogen) atoms. The fraction of sp³-hybridized carbons (Fsp3) is 1.00. The molecule has 314 valence electrons. The van der Waals surface area contributed by atoms with Crippen LogP contribution in [-0.2, 0) is 23.1 Å². The summed E-state index contributed by atoms with van der Waals surface area (Å²) in [5.41, 5.74) is 0. The van der Waals surface area contributed by atoms with E-state index in [1.165, 1.54) is 186 Å². The first kappa shape index (κ1) is 52.0. The molecule has 0 aliphatic rings. The van der Waals surface area contributed by atoms with E-state index in [2.05, 4.69) is 13.8 Å². The SMILES string of the molecule is CCCCCCCCCCCCCCCCCCOCC(COP(=O)(O)OCC[N+](C)(C)C)OCCCCCCCCCCCCCCCCCC. The van der Waals surface area contributed by atoms with Gasteiger partial charge in [-0.25, -0.2) is 4.57 Å². The summed E-state index contributed by atoms with van der Waals surface area (Å²) in [6.45, 7) is 7.03. The molecule has 7 nitrogen and oxygen atoms in total. The zero-order valence-electron chi connectivity index (χ0n) is 35.8. The summed E-state index contributed by atoms with van der Waals surface area (Å²) in [6, 6.07) is 0. The maximum Gasteiger partial charge on any atom is 0.472 e. The number of phosphoric ester groups is 1. The predicted molar refractivity (Wildman–Crippen MR) is 224 cm³/mol. The third-order valence-corrected chi connectivity index (χ3v) is 11.2. The Bertz CT molecular complexity index is 749. The topological polar surface area (TPSA) is 74.2 Å². The molecule has 0 aliphatic carbocycles. The second-order valence-electron chi connectivity index (χ2n) is 16.8. The number of unbranched alkanes of at least 4 members (excludes halogenated alkanes) is 30. The zero-order chi connectivity index (χ0) is 38.3. The van der Waals surface area contributed by atoms with E-state index in [0.29, 0.717) is 30.8 Å². The number of hydrogen-bond acceptors (Lipinski definition) is 5. The standard InChI is InChI=1S/C44H92NO6P/c1-6-8-10-12-14-16-18-20-22-24-26-28-30-32-34-36-39-48-42-44(43-51-52(46,47)50-41-38-45(3,4)5)49-40-37-35-33-31-29-27-25-23-21-19-17-15-13-11-9-7-2/h44H,6-43H2,1-5H3/p+1. The Morgan fingerprint density at radius 1 is 0.442 bits per heavy atom. The molecule has 1 N–H and O–H groups in total. The van der Waals surface area contributed by atoms with Crippen molar-refractivity contribution < 1.29 is 32.5 Å². The van der Waals surface area contributed by atoms with Crippen LogP contribution in [0.1, 0.15) is 219 Å². The molecule has 0 radical (unpaired) electrons. The van der Waals surface area contributed by atoms with Gasteiger partial charge in [0, 0.05) is 13.2 Å². The van der Waals surface area contributed by atoms with Crippen molar-refractivity contribution in [1.29, 1.82) is 0 Å². The monoisotopic (exact) mass is 763 g/mol. The van der Waals surface area contributed by atoms with Gasteiger partial charge < -0.3 is 18.9 Å². The van der Waals surface area contributed by atoms with Crippen LogP contribution in [-0.4, -0.2) is 76.2 Å². The Kier molecular flexibility index (Phi) is 39.2. The van der Waals surface area contributed by atoms with Gasteiger partial charge in [0.2, 0.25) is 0 Å². The van der Waals surface area contributed by atoms with Crippen molar-refractivity contribution in [3.63, 3.8) is 0 Å². The molecule has 0 rings (SSSR count). The summed E-state index contributed by atoms with van der Waals surface area (Å²) in [5.74, 6) is 0. The molecule has 0 aromatic rings. The van der Waals surface area contributed by atoms with Gasteiger partial charge in [-0.1, -0.05) is 206 Å². The first-order valence-electron chi connectivity index (χ1n) is 22.8. The highest BCUT2D eigenvalue weighted by Crippen LogP contribution is 2.43. The van der Waals surface area contributed by atoms with Gasteiger partial charge in [0.25, 0.3) is 0 Å². The Balaban J connectivity index is 4.03. The van der Waals surface area contributed by atoms with Crippen molar-refractivity contribution in [2.45, 2.75) is 225 Å². The fourth-order valence-corrected chi connectivity index (χ4v) is 7.40. The number of hydrogen-bond donors (Lipinski definition) is 1. The molecule has 0 saturated heterocycles. The zero-order valence-corrected chi connectivity index (χ0v) is 36.7. The van der Waals surface area contributed by atoms with Gasteiger partial charge in [-0.2, -0.15) is 0 Å². The van der Waals surface area contributed by atoms with Crippen LogP contribution >= 0.6 is 7.82 Å². The maximum atomic E-state index is 12.5. The van der Waals surface area contributed by atoms with E-state index in [1.54, 1.807) is 0 Å². The fourth-order valence-electron chi connectivity index (χ4n) is 6.66. The summed E-state index contributed by atoms with van der Waals surface area (Å²) in [5, 5.41) is 0. The number of quaternary nitrogens is 1. The molecule has 2 atom stereocenters. The van der Waals surface area contributed by atoms with Gasteiger partial charge in [0.1, 0.15) is 19.3 Å². The summed E-state index contributed by atoms with van der Waals surface area (Å²) < 4.78 is 35.8. The predicted octanol–water partition coefficient (Wildman–Crippen LogP) is 13.8. The van der Waals surface area contributed by atoms with E-state index in [9.17, 15) is 9.46 Å². The van der Waals surface area contributed by atoms with Crippen molar-refractivity contribution in [2.75, 3.05) is 60.7 Å². The van der Waals surface area contributed by atoms with Crippen molar-refractivity contribution >= 4 is 7.82 Å². The van der Waals surface area contributed by atoms with Crippen LogP contribution in [0.4, 0.5) is 0 Å². The molecular formula is C44H93NO6P+. The minimum Gasteiger partial charge on any atom is -0.379 e. The molecule has 8 heteroatoms. The summed E-state index contributed by atoms with van der Waals surface area (Å²) >= 11 is 0. The normalized spacial score (nSPS) is 13.9. The van der Waals surface area contributed by atoms with Crippen molar-refractivity contribution in [3.05, 3.63) is 0 Å². The minimum atomic E-state index is -4.13. The van der Waals surface area contributed by atoms with E-state index in [0.717, 1.165) is 19.3 Å². The number of nitrogens with zero attached hydrogens (tertiary/aromatic N) is 1. The van der Waals surface area contributed by atoms with Crippen LogP contribution in [0, 0.1) is 0 Å². The lowest BCUT2D eigenvalue weighted by atomic mass is 10.0. The van der Waals surface area contributed by atoms with Crippen LogP contribution in [0.5, 0.6) is 0 Å². The van der Waals surface area contributed by atoms with Gasteiger partial charge in [-0.15, -0.1) is 0 Å². The average molecular weight is 763 g/mol. The molecule has 0 spiro atoms. The molecule has 0 saturated carbocycles. The molecule has 0 aliphatic heterocycles.